The first-order chi connectivity index (χ1) is 6.33. The average molecular weight is 172 g/mol. The second-order valence-electron chi connectivity index (χ2n) is 2.87. The minimum Gasteiger partial charge on any atom is -0.298 e. The van der Waals surface area contributed by atoms with Crippen molar-refractivity contribution in [3.05, 3.63) is 35.8 Å². The SMILES string of the molecule is Cc1ccc(C=O)c2ncncc12. The Morgan fingerprint density at radius 2 is 2.23 bits per heavy atom. The van der Waals surface area contributed by atoms with Crippen molar-refractivity contribution in [2.75, 3.05) is 0 Å². The van der Waals surface area contributed by atoms with Crippen LogP contribution in [0.4, 0.5) is 0 Å². The number of aldehydes is 1. The number of nitrogens with zero attached hydrogens (tertiary/aromatic N) is 2. The maximum absolute atomic E-state index is 10.7. The monoisotopic (exact) mass is 172 g/mol. The third kappa shape index (κ3) is 1.18. The molecule has 0 saturated carbocycles. The van der Waals surface area contributed by atoms with Crippen LogP contribution in [0.3, 0.4) is 0 Å². The number of benzene rings is 1. The first-order valence-electron chi connectivity index (χ1n) is 3.97. The van der Waals surface area contributed by atoms with E-state index < -0.39 is 0 Å². The number of aromatic nitrogens is 2. The van der Waals surface area contributed by atoms with Crippen molar-refractivity contribution in [1.29, 1.82) is 0 Å². The fourth-order valence-corrected chi connectivity index (χ4v) is 1.33. The Morgan fingerprint density at radius 3 is 3.00 bits per heavy atom. The van der Waals surface area contributed by atoms with Gasteiger partial charge in [0, 0.05) is 17.1 Å². The highest BCUT2D eigenvalue weighted by Gasteiger charge is 2.02. The zero-order valence-electron chi connectivity index (χ0n) is 7.19. The molecule has 3 heteroatoms. The summed E-state index contributed by atoms with van der Waals surface area (Å²) in [6, 6.07) is 3.67. The maximum atomic E-state index is 10.7. The molecular formula is C10H8N2O. The zero-order chi connectivity index (χ0) is 9.26. The van der Waals surface area contributed by atoms with E-state index in [1.807, 2.05) is 13.0 Å². The van der Waals surface area contributed by atoms with E-state index in [2.05, 4.69) is 9.97 Å². The second kappa shape index (κ2) is 2.94. The number of hydrogen-bond donors (Lipinski definition) is 0. The molecule has 0 amide bonds. The first-order valence-corrected chi connectivity index (χ1v) is 3.97. The van der Waals surface area contributed by atoms with Crippen molar-refractivity contribution in [3.63, 3.8) is 0 Å². The van der Waals surface area contributed by atoms with Gasteiger partial charge in [-0.1, -0.05) is 6.07 Å². The van der Waals surface area contributed by atoms with Crippen LogP contribution in [0.5, 0.6) is 0 Å². The van der Waals surface area contributed by atoms with Gasteiger partial charge in [0.25, 0.3) is 0 Å². The van der Waals surface area contributed by atoms with E-state index in [1.54, 1.807) is 12.3 Å². The summed E-state index contributed by atoms with van der Waals surface area (Å²) >= 11 is 0. The summed E-state index contributed by atoms with van der Waals surface area (Å²) in [6.07, 6.45) is 3.99. The molecule has 13 heavy (non-hydrogen) atoms. The average Bonchev–Trinajstić information content (AvgIpc) is 2.19. The Bertz CT molecular complexity index is 465. The fourth-order valence-electron chi connectivity index (χ4n) is 1.33. The Morgan fingerprint density at radius 1 is 1.38 bits per heavy atom. The highest BCUT2D eigenvalue weighted by Crippen LogP contribution is 2.17. The van der Waals surface area contributed by atoms with Gasteiger partial charge in [-0.15, -0.1) is 0 Å². The molecule has 0 radical (unpaired) electrons. The summed E-state index contributed by atoms with van der Waals surface area (Å²) in [5.41, 5.74) is 2.43. The molecule has 1 aromatic heterocycles. The van der Waals surface area contributed by atoms with Crippen molar-refractivity contribution in [3.8, 4) is 0 Å². The normalized spacial score (nSPS) is 10.2. The number of aryl methyl sites for hydroxylation is 1. The molecule has 0 aliphatic carbocycles. The van der Waals surface area contributed by atoms with Crippen molar-refractivity contribution >= 4 is 17.2 Å². The molecule has 2 rings (SSSR count). The lowest BCUT2D eigenvalue weighted by Gasteiger charge is -2.01. The van der Waals surface area contributed by atoms with Gasteiger partial charge in [-0.2, -0.15) is 0 Å². The van der Waals surface area contributed by atoms with E-state index in [4.69, 9.17) is 0 Å². The number of rotatable bonds is 1. The predicted molar refractivity (Wildman–Crippen MR) is 49.7 cm³/mol. The van der Waals surface area contributed by atoms with Crippen LogP contribution in [-0.4, -0.2) is 16.3 Å². The molecule has 0 atom stereocenters. The summed E-state index contributed by atoms with van der Waals surface area (Å²) in [4.78, 5) is 18.7. The summed E-state index contributed by atoms with van der Waals surface area (Å²) in [5, 5.41) is 0.937. The van der Waals surface area contributed by atoms with E-state index in [1.165, 1.54) is 6.33 Å². The summed E-state index contributed by atoms with van der Waals surface area (Å²) in [5.74, 6) is 0. The number of hydrogen-bond acceptors (Lipinski definition) is 3. The zero-order valence-corrected chi connectivity index (χ0v) is 7.19. The van der Waals surface area contributed by atoms with Crippen molar-refractivity contribution in [1.82, 2.24) is 9.97 Å². The van der Waals surface area contributed by atoms with Gasteiger partial charge in [-0.05, 0) is 18.6 Å². The summed E-state index contributed by atoms with van der Waals surface area (Å²) in [7, 11) is 0. The molecule has 64 valence electrons. The van der Waals surface area contributed by atoms with Gasteiger partial charge >= 0.3 is 0 Å². The molecule has 0 N–H and O–H groups in total. The molecule has 2 aromatic rings. The van der Waals surface area contributed by atoms with Crippen LogP contribution in [-0.2, 0) is 0 Å². The minimum absolute atomic E-state index is 0.614. The van der Waals surface area contributed by atoms with Gasteiger partial charge in [0.2, 0.25) is 0 Å². The van der Waals surface area contributed by atoms with Gasteiger partial charge in [-0.3, -0.25) is 4.79 Å². The Balaban J connectivity index is 2.92. The summed E-state index contributed by atoms with van der Waals surface area (Å²) in [6.45, 7) is 1.97. The predicted octanol–water partition coefficient (Wildman–Crippen LogP) is 1.75. The highest BCUT2D eigenvalue weighted by molar-refractivity contribution is 5.96. The molecular weight excluding hydrogens is 164 g/mol. The Kier molecular flexibility index (Phi) is 1.77. The van der Waals surface area contributed by atoms with Crippen molar-refractivity contribution < 1.29 is 4.79 Å². The van der Waals surface area contributed by atoms with Crippen LogP contribution in [0, 0.1) is 6.92 Å². The van der Waals surface area contributed by atoms with Crippen LogP contribution >= 0.6 is 0 Å². The molecule has 3 nitrogen and oxygen atoms in total. The first kappa shape index (κ1) is 7.86. The van der Waals surface area contributed by atoms with Crippen LogP contribution in [0.1, 0.15) is 15.9 Å². The molecule has 0 unspecified atom stereocenters. The third-order valence-electron chi connectivity index (χ3n) is 2.05. The lowest BCUT2D eigenvalue weighted by molar-refractivity contribution is 0.112. The number of carbonyl (C=O) groups excluding carboxylic acids is 1. The molecule has 0 aliphatic rings. The lowest BCUT2D eigenvalue weighted by atomic mass is 10.1. The molecule has 1 heterocycles. The van der Waals surface area contributed by atoms with E-state index in [0.29, 0.717) is 5.56 Å². The van der Waals surface area contributed by atoms with E-state index in [9.17, 15) is 4.79 Å². The lowest BCUT2D eigenvalue weighted by Crippen LogP contribution is -1.90. The second-order valence-corrected chi connectivity index (χ2v) is 2.87. The van der Waals surface area contributed by atoms with Crippen LogP contribution in [0.25, 0.3) is 10.9 Å². The standard InChI is InChI=1S/C10H8N2O/c1-7-2-3-8(5-13)10-9(7)4-11-6-12-10/h2-6H,1H3. The molecule has 0 aliphatic heterocycles. The van der Waals surface area contributed by atoms with Crippen molar-refractivity contribution in [2.24, 2.45) is 0 Å². The van der Waals surface area contributed by atoms with Gasteiger partial charge in [0.15, 0.2) is 6.29 Å². The fraction of sp³-hybridized carbons (Fsp3) is 0.100. The Labute approximate surface area is 75.4 Å². The third-order valence-corrected chi connectivity index (χ3v) is 2.05. The van der Waals surface area contributed by atoms with Crippen LogP contribution < -0.4 is 0 Å². The van der Waals surface area contributed by atoms with Gasteiger partial charge in [0.05, 0.1) is 5.52 Å². The molecule has 0 saturated heterocycles. The van der Waals surface area contributed by atoms with Crippen molar-refractivity contribution in [2.45, 2.75) is 6.92 Å². The smallest absolute Gasteiger partial charge is 0.152 e. The molecule has 0 spiro atoms. The molecule has 1 aromatic carbocycles. The summed E-state index contributed by atoms with van der Waals surface area (Å²) < 4.78 is 0. The van der Waals surface area contributed by atoms with Crippen LogP contribution in [0.2, 0.25) is 0 Å². The van der Waals surface area contributed by atoms with E-state index in [-0.39, 0.29) is 0 Å². The van der Waals surface area contributed by atoms with Gasteiger partial charge in [-0.25, -0.2) is 9.97 Å². The molecule has 0 bridgehead atoms. The van der Waals surface area contributed by atoms with Gasteiger partial charge in [0.1, 0.15) is 6.33 Å². The highest BCUT2D eigenvalue weighted by atomic mass is 16.1. The van der Waals surface area contributed by atoms with Gasteiger partial charge < -0.3 is 0 Å². The number of fused-ring (bicyclic) bond motifs is 1. The molecule has 0 fully saturated rings. The van der Waals surface area contributed by atoms with E-state index in [0.717, 1.165) is 22.8 Å². The topological polar surface area (TPSA) is 42.9 Å². The van der Waals surface area contributed by atoms with E-state index >= 15 is 0 Å². The quantitative estimate of drug-likeness (QED) is 0.615. The Hall–Kier alpha value is -1.77. The number of carbonyl (C=O) groups is 1. The minimum atomic E-state index is 0.614. The largest absolute Gasteiger partial charge is 0.298 e. The van der Waals surface area contributed by atoms with Crippen LogP contribution in [0.15, 0.2) is 24.7 Å². The maximum Gasteiger partial charge on any atom is 0.152 e.